The van der Waals surface area contributed by atoms with Crippen molar-refractivity contribution in [1.82, 2.24) is 34.0 Å². The van der Waals surface area contributed by atoms with E-state index in [9.17, 15) is 19.5 Å². The van der Waals surface area contributed by atoms with E-state index in [1.807, 2.05) is 18.2 Å². The molecule has 1 aromatic carbocycles. The molecule has 2 aliphatic rings. The van der Waals surface area contributed by atoms with Crippen LogP contribution < -0.4 is 5.56 Å². The van der Waals surface area contributed by atoms with Crippen LogP contribution in [0.4, 0.5) is 0 Å². The molecule has 1 amide bonds. The van der Waals surface area contributed by atoms with Crippen molar-refractivity contribution in [3.05, 3.63) is 64.0 Å². The zero-order chi connectivity index (χ0) is 25.9. The molecule has 1 saturated heterocycles. The molecule has 1 N–H and O–H groups in total. The Kier molecular flexibility index (Phi) is 5.34. The van der Waals surface area contributed by atoms with Crippen LogP contribution in [-0.2, 0) is 27.1 Å². The number of amides is 1. The largest absolute Gasteiger partial charge is 0.388 e. The molecule has 0 unspecified atom stereocenters. The molecule has 4 heterocycles. The van der Waals surface area contributed by atoms with E-state index in [1.54, 1.807) is 34.6 Å². The Labute approximate surface area is 211 Å². The van der Waals surface area contributed by atoms with Crippen molar-refractivity contribution in [3.8, 4) is 11.3 Å². The fraction of sp³-hybridized carbons (Fsp3) is 0.385. The number of aryl methyl sites for hydroxylation is 3. The maximum atomic E-state index is 13.3. The number of carbonyl (C=O) groups is 2. The number of ketones is 1. The number of carbonyl (C=O) groups excluding carboxylic acids is 2. The monoisotopic (exact) mass is 501 g/mol. The molecule has 37 heavy (non-hydrogen) atoms. The summed E-state index contributed by atoms with van der Waals surface area (Å²) < 4.78 is 4.62. The van der Waals surface area contributed by atoms with Gasteiger partial charge < -0.3 is 10.0 Å². The van der Waals surface area contributed by atoms with E-state index in [0.717, 1.165) is 16.7 Å². The molecule has 0 saturated carbocycles. The molecule has 11 nitrogen and oxygen atoms in total. The minimum Gasteiger partial charge on any atom is -0.388 e. The number of hydrogen-bond donors (Lipinski definition) is 1. The minimum absolute atomic E-state index is 0.0660. The lowest BCUT2D eigenvalue weighted by Crippen LogP contribution is -2.49. The van der Waals surface area contributed by atoms with E-state index < -0.39 is 5.60 Å². The number of hydrogen-bond acceptors (Lipinski definition) is 7. The minimum atomic E-state index is -1.14. The fourth-order valence-electron chi connectivity index (χ4n) is 5.45. The molecule has 0 bridgehead atoms. The Bertz CT molecular complexity index is 1620. The number of likely N-dealkylation sites (tertiary alicyclic amines) is 1. The number of nitrogens with zero attached hydrogens (tertiary/aromatic N) is 7. The zero-order valence-electron chi connectivity index (χ0n) is 20.7. The Balaban J connectivity index is 1.24. The summed E-state index contributed by atoms with van der Waals surface area (Å²) in [6.07, 6.45) is 6.57. The fourth-order valence-corrected chi connectivity index (χ4v) is 5.45. The number of piperidine rings is 1. The first-order valence-corrected chi connectivity index (χ1v) is 12.3. The van der Waals surface area contributed by atoms with Crippen molar-refractivity contribution in [2.24, 2.45) is 14.1 Å². The van der Waals surface area contributed by atoms with Gasteiger partial charge in [-0.15, -0.1) is 0 Å². The van der Waals surface area contributed by atoms with Gasteiger partial charge in [0.15, 0.2) is 11.3 Å². The van der Waals surface area contributed by atoms with Gasteiger partial charge in [0.1, 0.15) is 5.52 Å². The summed E-state index contributed by atoms with van der Waals surface area (Å²) in [5.74, 6) is 0.0370. The molecule has 1 aliphatic heterocycles. The second-order valence-electron chi connectivity index (χ2n) is 10.1. The second-order valence-corrected chi connectivity index (χ2v) is 10.1. The van der Waals surface area contributed by atoms with Gasteiger partial charge in [-0.05, 0) is 30.9 Å². The highest BCUT2D eigenvalue weighted by Gasteiger charge is 2.35. The van der Waals surface area contributed by atoms with Gasteiger partial charge in [0.05, 0.1) is 35.9 Å². The van der Waals surface area contributed by atoms with E-state index in [2.05, 4.69) is 15.2 Å². The summed E-state index contributed by atoms with van der Waals surface area (Å²) in [5, 5.41) is 19.8. The quantitative estimate of drug-likeness (QED) is 0.447. The SMILES string of the molecule is Cn1cc(C(=O)N2CCC(O)(Cn3cnc4c(-c5ccc6c(c5)CCC6=O)n(C)nc4c3=O)CC2)cn1. The van der Waals surface area contributed by atoms with Crippen LogP contribution in [0.5, 0.6) is 0 Å². The van der Waals surface area contributed by atoms with Crippen LogP contribution in [0.15, 0.2) is 41.7 Å². The van der Waals surface area contributed by atoms with E-state index in [-0.39, 0.29) is 29.3 Å². The van der Waals surface area contributed by atoms with Crippen molar-refractivity contribution < 1.29 is 14.7 Å². The first kappa shape index (κ1) is 23.3. The molecule has 3 aromatic heterocycles. The summed E-state index contributed by atoms with van der Waals surface area (Å²) in [5.41, 5.74) is 3.07. The summed E-state index contributed by atoms with van der Waals surface area (Å²) in [7, 11) is 3.52. The van der Waals surface area contributed by atoms with Gasteiger partial charge >= 0.3 is 0 Å². The first-order chi connectivity index (χ1) is 17.7. The molecule has 6 rings (SSSR count). The summed E-state index contributed by atoms with van der Waals surface area (Å²) in [6, 6.07) is 5.68. The van der Waals surface area contributed by atoms with Crippen molar-refractivity contribution in [2.75, 3.05) is 13.1 Å². The Morgan fingerprint density at radius 2 is 1.89 bits per heavy atom. The lowest BCUT2D eigenvalue weighted by Gasteiger charge is -2.38. The number of rotatable bonds is 4. The molecule has 1 fully saturated rings. The molecule has 0 spiro atoms. The lowest BCUT2D eigenvalue weighted by molar-refractivity contribution is -0.0299. The van der Waals surface area contributed by atoms with E-state index >= 15 is 0 Å². The van der Waals surface area contributed by atoms with Crippen LogP contribution in [0.2, 0.25) is 0 Å². The lowest BCUT2D eigenvalue weighted by atomic mass is 9.91. The van der Waals surface area contributed by atoms with Crippen LogP contribution in [0.3, 0.4) is 0 Å². The molecule has 190 valence electrons. The predicted octanol–water partition coefficient (Wildman–Crippen LogP) is 1.33. The van der Waals surface area contributed by atoms with Crippen molar-refractivity contribution in [2.45, 2.75) is 37.8 Å². The van der Waals surface area contributed by atoms with Gasteiger partial charge in [-0.3, -0.25) is 28.3 Å². The van der Waals surface area contributed by atoms with Crippen LogP contribution in [-0.4, -0.2) is 69.5 Å². The average molecular weight is 502 g/mol. The Morgan fingerprint density at radius 1 is 1.11 bits per heavy atom. The van der Waals surface area contributed by atoms with Crippen molar-refractivity contribution in [3.63, 3.8) is 0 Å². The average Bonchev–Trinajstić information content (AvgIpc) is 3.57. The number of aliphatic hydroxyl groups is 1. The van der Waals surface area contributed by atoms with E-state index in [1.165, 1.54) is 17.1 Å². The maximum absolute atomic E-state index is 13.3. The maximum Gasteiger partial charge on any atom is 0.281 e. The van der Waals surface area contributed by atoms with Crippen molar-refractivity contribution >= 4 is 22.7 Å². The molecule has 1 aliphatic carbocycles. The van der Waals surface area contributed by atoms with Gasteiger partial charge in [0, 0.05) is 50.9 Å². The summed E-state index contributed by atoms with van der Waals surface area (Å²) in [6.45, 7) is 0.822. The highest BCUT2D eigenvalue weighted by atomic mass is 16.3. The van der Waals surface area contributed by atoms with Gasteiger partial charge in [-0.1, -0.05) is 12.1 Å². The van der Waals surface area contributed by atoms with Gasteiger partial charge in [0.25, 0.3) is 11.5 Å². The van der Waals surface area contributed by atoms with Crippen LogP contribution in [0.25, 0.3) is 22.3 Å². The third-order valence-electron chi connectivity index (χ3n) is 7.51. The molecule has 0 atom stereocenters. The third-order valence-corrected chi connectivity index (χ3v) is 7.51. The highest BCUT2D eigenvalue weighted by Crippen LogP contribution is 2.31. The summed E-state index contributed by atoms with van der Waals surface area (Å²) in [4.78, 5) is 44.3. The van der Waals surface area contributed by atoms with Gasteiger partial charge in [-0.2, -0.15) is 10.2 Å². The smallest absolute Gasteiger partial charge is 0.281 e. The molecule has 0 radical (unpaired) electrons. The zero-order valence-corrected chi connectivity index (χ0v) is 20.7. The normalized spacial score (nSPS) is 16.9. The predicted molar refractivity (Wildman–Crippen MR) is 134 cm³/mol. The number of Topliss-reactive ketones (excluding diaryl/α,β-unsaturated/α-hetero) is 1. The molecular formula is C26H27N7O4. The van der Waals surface area contributed by atoms with Crippen LogP contribution >= 0.6 is 0 Å². The van der Waals surface area contributed by atoms with E-state index in [4.69, 9.17) is 0 Å². The second kappa shape index (κ2) is 8.48. The van der Waals surface area contributed by atoms with Crippen LogP contribution in [0.1, 0.15) is 45.5 Å². The highest BCUT2D eigenvalue weighted by molar-refractivity contribution is 6.01. The Morgan fingerprint density at radius 3 is 2.62 bits per heavy atom. The van der Waals surface area contributed by atoms with Gasteiger partial charge in [0.2, 0.25) is 0 Å². The first-order valence-electron chi connectivity index (χ1n) is 12.3. The topological polar surface area (TPSA) is 128 Å². The number of benzene rings is 1. The van der Waals surface area contributed by atoms with Crippen LogP contribution in [0, 0.1) is 0 Å². The molecule has 11 heteroatoms. The molecular weight excluding hydrogens is 474 g/mol. The number of fused-ring (bicyclic) bond motifs is 2. The van der Waals surface area contributed by atoms with E-state index in [0.29, 0.717) is 55.5 Å². The Hall–Kier alpha value is -4.12. The summed E-state index contributed by atoms with van der Waals surface area (Å²) >= 11 is 0. The van der Waals surface area contributed by atoms with Crippen molar-refractivity contribution in [1.29, 1.82) is 0 Å². The van der Waals surface area contributed by atoms with Gasteiger partial charge in [-0.25, -0.2) is 4.98 Å². The third kappa shape index (κ3) is 3.95. The number of aromatic nitrogens is 6. The standard InChI is InChI=1S/C26H27N7O4/c1-30-13-18(12-28-30)24(35)32-9-7-26(37,8-10-32)14-33-15-27-21-22(25(33)36)29-31(2)23(21)17-3-5-19-16(11-17)4-6-20(19)34/h3,5,11-13,15,37H,4,6-10,14H2,1-2H3. The molecule has 4 aromatic rings.